The minimum Gasteiger partial charge on any atom is -0.465 e. The lowest BCUT2D eigenvalue weighted by Crippen LogP contribution is -2.22. The van der Waals surface area contributed by atoms with E-state index >= 15 is 0 Å². The van der Waals surface area contributed by atoms with Gasteiger partial charge < -0.3 is 19.1 Å². The number of aliphatic hydroxyl groups excluding tert-OH is 1. The van der Waals surface area contributed by atoms with Gasteiger partial charge in [-0.1, -0.05) is 19.6 Å². The molecule has 0 spiro atoms. The average molecular weight is 413 g/mol. The molecule has 27 heavy (non-hydrogen) atoms. The largest absolute Gasteiger partial charge is 0.465 e. The van der Waals surface area contributed by atoms with E-state index in [4.69, 9.17) is 21.1 Å². The lowest BCUT2D eigenvalue weighted by molar-refractivity contribution is 0.0597. The Balaban J connectivity index is 2.39. The molecule has 0 aromatic carbocycles. The predicted octanol–water partition coefficient (Wildman–Crippen LogP) is 3.84. The van der Waals surface area contributed by atoms with Crippen molar-refractivity contribution < 1.29 is 19.4 Å². The molecule has 0 aliphatic rings. The maximum absolute atomic E-state index is 12.2. The van der Waals surface area contributed by atoms with Gasteiger partial charge in [-0.05, 0) is 24.6 Å². The fourth-order valence-electron chi connectivity index (χ4n) is 2.92. The zero-order valence-corrected chi connectivity index (χ0v) is 18.4. The van der Waals surface area contributed by atoms with Crippen LogP contribution in [0, 0.1) is 0 Å². The summed E-state index contributed by atoms with van der Waals surface area (Å²) in [6, 6.07) is 2.97. The van der Waals surface area contributed by atoms with E-state index in [1.807, 2.05) is 16.8 Å². The van der Waals surface area contributed by atoms with Gasteiger partial charge in [0, 0.05) is 44.3 Å². The topological polar surface area (TPSA) is 73.6 Å². The van der Waals surface area contributed by atoms with E-state index in [9.17, 15) is 9.90 Å². The Morgan fingerprint density at radius 3 is 2.67 bits per heavy atom. The van der Waals surface area contributed by atoms with Crippen LogP contribution >= 0.6 is 11.6 Å². The van der Waals surface area contributed by atoms with E-state index in [1.165, 1.54) is 13.3 Å². The summed E-state index contributed by atoms with van der Waals surface area (Å²) in [6.07, 6.45) is 2.65. The van der Waals surface area contributed by atoms with Crippen molar-refractivity contribution in [3.8, 4) is 0 Å². The minimum atomic E-state index is -1.14. The van der Waals surface area contributed by atoms with Crippen molar-refractivity contribution in [2.75, 3.05) is 19.6 Å². The van der Waals surface area contributed by atoms with E-state index in [2.05, 4.69) is 24.6 Å². The Morgan fingerprint density at radius 2 is 2.11 bits per heavy atom. The number of carbonyl (C=O) groups is 1. The normalized spacial score (nSPS) is 14.3. The van der Waals surface area contributed by atoms with Crippen molar-refractivity contribution in [1.29, 1.82) is 0 Å². The van der Waals surface area contributed by atoms with Gasteiger partial charge in [0.25, 0.3) is 0 Å². The first kappa shape index (κ1) is 21.9. The highest BCUT2D eigenvalue weighted by molar-refractivity contribution is 6.76. The van der Waals surface area contributed by atoms with E-state index < -0.39 is 26.1 Å². The van der Waals surface area contributed by atoms with Crippen LogP contribution in [0.5, 0.6) is 0 Å². The minimum absolute atomic E-state index is 0.179. The third-order valence-corrected chi connectivity index (χ3v) is 6.62. The molecule has 2 heterocycles. The van der Waals surface area contributed by atoms with Crippen molar-refractivity contribution in [3.05, 3.63) is 29.6 Å². The zero-order chi connectivity index (χ0) is 20.2. The molecule has 2 aromatic rings. The molecule has 2 rings (SSSR count). The SMILES string of the molecule is COC(=O)c1cnc2c(ccn2COCC[Si](C)(C)C)c1C(CCl)C(C)O. The highest BCUT2D eigenvalue weighted by Crippen LogP contribution is 2.32. The summed E-state index contributed by atoms with van der Waals surface area (Å²) in [5.74, 6) is -0.720. The van der Waals surface area contributed by atoms with E-state index in [0.29, 0.717) is 30.1 Å². The standard InChI is InChI=1S/C19H29ClN2O4Si/c1-13(23)15(10-20)17-14-6-7-22(12-26-8-9-27(3,4)5)18(14)21-11-16(17)19(24)25-2/h6-7,11,13,15,23H,8-10,12H2,1-5H3. The van der Waals surface area contributed by atoms with Crippen LogP contribution in [0.3, 0.4) is 0 Å². The Labute approximate surface area is 166 Å². The predicted molar refractivity (Wildman–Crippen MR) is 110 cm³/mol. The van der Waals surface area contributed by atoms with Crippen LogP contribution in [0.2, 0.25) is 25.7 Å². The molecular weight excluding hydrogens is 384 g/mol. The molecule has 2 atom stereocenters. The molecule has 6 nitrogen and oxygen atoms in total. The fraction of sp³-hybridized carbons (Fsp3) is 0.579. The molecule has 0 saturated heterocycles. The van der Waals surface area contributed by atoms with Crippen molar-refractivity contribution in [2.45, 2.75) is 51.4 Å². The first-order valence-corrected chi connectivity index (χ1v) is 13.3. The van der Waals surface area contributed by atoms with Gasteiger partial charge in [0.1, 0.15) is 12.4 Å². The molecule has 0 aliphatic heterocycles. The van der Waals surface area contributed by atoms with Crippen molar-refractivity contribution in [1.82, 2.24) is 9.55 Å². The number of nitrogens with zero attached hydrogens (tertiary/aromatic N) is 2. The highest BCUT2D eigenvalue weighted by Gasteiger charge is 2.27. The number of hydrogen-bond donors (Lipinski definition) is 1. The van der Waals surface area contributed by atoms with Crippen LogP contribution < -0.4 is 0 Å². The third kappa shape index (κ3) is 5.31. The van der Waals surface area contributed by atoms with Gasteiger partial charge >= 0.3 is 5.97 Å². The maximum Gasteiger partial charge on any atom is 0.339 e. The fourth-order valence-corrected chi connectivity index (χ4v) is 4.09. The van der Waals surface area contributed by atoms with Crippen molar-refractivity contribution in [2.24, 2.45) is 0 Å². The number of rotatable bonds is 9. The lowest BCUT2D eigenvalue weighted by atomic mass is 9.90. The summed E-state index contributed by atoms with van der Waals surface area (Å²) in [5, 5.41) is 11.0. The molecule has 0 aliphatic carbocycles. The molecule has 0 bridgehead atoms. The summed E-state index contributed by atoms with van der Waals surface area (Å²) in [4.78, 5) is 16.7. The van der Waals surface area contributed by atoms with Gasteiger partial charge in [0.15, 0.2) is 0 Å². The average Bonchev–Trinajstić information content (AvgIpc) is 3.01. The number of pyridine rings is 1. The Kier molecular flexibility index (Phi) is 7.45. The number of fused-ring (bicyclic) bond motifs is 1. The summed E-state index contributed by atoms with van der Waals surface area (Å²) in [5.41, 5.74) is 1.69. The van der Waals surface area contributed by atoms with Crippen LogP contribution in [0.4, 0.5) is 0 Å². The molecule has 2 aromatic heterocycles. The van der Waals surface area contributed by atoms with Crippen LogP contribution in [0.15, 0.2) is 18.5 Å². The number of alkyl halides is 1. The summed E-state index contributed by atoms with van der Waals surface area (Å²) < 4.78 is 12.6. The first-order chi connectivity index (χ1) is 12.7. The van der Waals surface area contributed by atoms with Gasteiger partial charge in [-0.15, -0.1) is 11.6 Å². The van der Waals surface area contributed by atoms with Gasteiger partial charge in [-0.25, -0.2) is 9.78 Å². The summed E-state index contributed by atoms with van der Waals surface area (Å²) in [6.45, 7) is 9.69. The zero-order valence-electron chi connectivity index (χ0n) is 16.7. The molecule has 150 valence electrons. The summed E-state index contributed by atoms with van der Waals surface area (Å²) >= 11 is 6.11. The summed E-state index contributed by atoms with van der Waals surface area (Å²) in [7, 11) is 0.183. The van der Waals surface area contributed by atoms with Crippen LogP contribution in [0.25, 0.3) is 11.0 Å². The molecule has 8 heteroatoms. The Hall–Kier alpha value is -1.41. The number of hydrogen-bond acceptors (Lipinski definition) is 5. The second-order valence-electron chi connectivity index (χ2n) is 7.95. The number of aromatic nitrogens is 2. The third-order valence-electron chi connectivity index (χ3n) is 4.58. The quantitative estimate of drug-likeness (QED) is 0.293. The number of esters is 1. The number of ether oxygens (including phenoxy) is 2. The molecule has 0 saturated carbocycles. The number of methoxy groups -OCH3 is 1. The van der Waals surface area contributed by atoms with Crippen molar-refractivity contribution in [3.63, 3.8) is 0 Å². The monoisotopic (exact) mass is 412 g/mol. The van der Waals surface area contributed by atoms with E-state index in [-0.39, 0.29) is 5.88 Å². The molecule has 1 N–H and O–H groups in total. The highest BCUT2D eigenvalue weighted by atomic mass is 35.5. The number of aliphatic hydroxyl groups is 1. The maximum atomic E-state index is 12.2. The van der Waals surface area contributed by atoms with Crippen LogP contribution in [-0.4, -0.2) is 54.4 Å². The number of carbonyl (C=O) groups excluding carboxylic acids is 1. The molecule has 0 radical (unpaired) electrons. The van der Waals surface area contributed by atoms with E-state index in [1.54, 1.807) is 6.92 Å². The first-order valence-electron chi connectivity index (χ1n) is 9.07. The lowest BCUT2D eigenvalue weighted by Gasteiger charge is -2.21. The molecule has 0 fully saturated rings. The van der Waals surface area contributed by atoms with Gasteiger partial charge in [-0.3, -0.25) is 0 Å². The molecule has 0 amide bonds. The Morgan fingerprint density at radius 1 is 1.41 bits per heavy atom. The molecule has 2 unspecified atom stereocenters. The van der Waals surface area contributed by atoms with Gasteiger partial charge in [0.05, 0.1) is 18.8 Å². The molecular formula is C19H29ClN2O4Si. The smallest absolute Gasteiger partial charge is 0.339 e. The number of halogens is 1. The second kappa shape index (κ2) is 9.19. The van der Waals surface area contributed by atoms with Gasteiger partial charge in [0.2, 0.25) is 0 Å². The second-order valence-corrected chi connectivity index (χ2v) is 13.9. The van der Waals surface area contributed by atoms with Crippen LogP contribution in [0.1, 0.15) is 28.8 Å². The van der Waals surface area contributed by atoms with Crippen molar-refractivity contribution >= 4 is 36.7 Å². The van der Waals surface area contributed by atoms with Gasteiger partial charge in [-0.2, -0.15) is 0 Å². The van der Waals surface area contributed by atoms with E-state index in [0.717, 1.165) is 11.4 Å². The van der Waals surface area contributed by atoms with Crippen LogP contribution in [-0.2, 0) is 16.2 Å². The Bertz CT molecular complexity index is 786.